The molecule has 2 rings (SSSR count). The Kier molecular flexibility index (Phi) is 2.53. The van der Waals surface area contributed by atoms with E-state index in [-0.39, 0.29) is 11.6 Å². The number of hydrogen-bond acceptors (Lipinski definition) is 5. The van der Waals surface area contributed by atoms with Gasteiger partial charge in [0.05, 0.1) is 0 Å². The molecule has 1 heterocycles. The Morgan fingerprint density at radius 1 is 1.40 bits per heavy atom. The minimum atomic E-state index is -0.444. The molecule has 0 unspecified atom stereocenters. The third kappa shape index (κ3) is 1.90. The second-order valence-electron chi connectivity index (χ2n) is 3.00. The first kappa shape index (κ1) is 9.51. The van der Waals surface area contributed by atoms with E-state index >= 15 is 0 Å². The van der Waals surface area contributed by atoms with Crippen molar-refractivity contribution in [3.05, 3.63) is 35.9 Å². The smallest absolute Gasteiger partial charge is 0.283 e. The normalized spacial score (nSPS) is 20.5. The summed E-state index contributed by atoms with van der Waals surface area (Å²) >= 11 is 0. The number of rotatable bonds is 2. The summed E-state index contributed by atoms with van der Waals surface area (Å²) in [4.78, 5) is 4.84. The van der Waals surface area contributed by atoms with Gasteiger partial charge in [-0.3, -0.25) is 0 Å². The van der Waals surface area contributed by atoms with Crippen molar-refractivity contribution in [1.29, 1.82) is 0 Å². The highest BCUT2D eigenvalue weighted by atomic mass is 16.8. The first-order valence-corrected chi connectivity index (χ1v) is 4.49. The summed E-state index contributed by atoms with van der Waals surface area (Å²) in [7, 11) is 0. The number of ether oxygens (including phenoxy) is 1. The summed E-state index contributed by atoms with van der Waals surface area (Å²) in [5.41, 5.74) is 0.983. The van der Waals surface area contributed by atoms with Crippen molar-refractivity contribution < 1.29 is 14.8 Å². The zero-order valence-electron chi connectivity index (χ0n) is 8.12. The lowest BCUT2D eigenvalue weighted by atomic mass is 10.1. The van der Waals surface area contributed by atoms with E-state index in [0.717, 1.165) is 5.56 Å². The van der Waals surface area contributed by atoms with Gasteiger partial charge in [0.2, 0.25) is 0 Å². The van der Waals surface area contributed by atoms with Crippen molar-refractivity contribution in [2.45, 2.75) is 13.2 Å². The highest BCUT2D eigenvalue weighted by molar-refractivity contribution is 6.45. The molecular formula is C10H10N2O3. The van der Waals surface area contributed by atoms with Gasteiger partial charge >= 0.3 is 0 Å². The second kappa shape index (κ2) is 4.00. The molecule has 0 radical (unpaired) electrons. The molecule has 0 bridgehead atoms. The zero-order valence-corrected chi connectivity index (χ0v) is 8.12. The SMILES string of the molecule is C[C@@H]1ON=C(/C(=N/O)c2ccccc2)O1. The van der Waals surface area contributed by atoms with Crippen LogP contribution in [0.5, 0.6) is 0 Å². The highest BCUT2D eigenvalue weighted by Gasteiger charge is 2.23. The molecule has 1 aliphatic heterocycles. The lowest BCUT2D eigenvalue weighted by Crippen LogP contribution is -2.18. The van der Waals surface area contributed by atoms with Gasteiger partial charge in [-0.05, 0) is 5.16 Å². The number of nitrogens with zero attached hydrogens (tertiary/aromatic N) is 2. The van der Waals surface area contributed by atoms with E-state index in [2.05, 4.69) is 10.3 Å². The monoisotopic (exact) mass is 206 g/mol. The minimum Gasteiger partial charge on any atom is -0.432 e. The number of hydrogen-bond donors (Lipinski definition) is 1. The maximum atomic E-state index is 8.90. The third-order valence-electron chi connectivity index (χ3n) is 1.91. The van der Waals surface area contributed by atoms with Gasteiger partial charge in [0.15, 0.2) is 5.71 Å². The van der Waals surface area contributed by atoms with Crippen molar-refractivity contribution in [2.75, 3.05) is 0 Å². The molecule has 0 saturated carbocycles. The third-order valence-corrected chi connectivity index (χ3v) is 1.91. The standard InChI is InChI=1S/C10H10N2O3/c1-7-14-10(12-15-7)9(11-13)8-5-3-2-4-6-8/h2-7,13H,1H3/b11-9+/t7-/m0/s1. The van der Waals surface area contributed by atoms with Crippen LogP contribution in [0, 0.1) is 0 Å². The van der Waals surface area contributed by atoms with Crippen LogP contribution in [-0.2, 0) is 9.57 Å². The Morgan fingerprint density at radius 3 is 2.67 bits per heavy atom. The zero-order chi connectivity index (χ0) is 10.7. The Bertz CT molecular complexity index is 400. The van der Waals surface area contributed by atoms with Crippen LogP contribution in [0.2, 0.25) is 0 Å². The first-order chi connectivity index (χ1) is 7.31. The Balaban J connectivity index is 2.27. The quantitative estimate of drug-likeness (QED) is 0.454. The molecule has 1 aliphatic rings. The van der Waals surface area contributed by atoms with E-state index in [0.29, 0.717) is 0 Å². The van der Waals surface area contributed by atoms with E-state index < -0.39 is 6.29 Å². The van der Waals surface area contributed by atoms with Crippen molar-refractivity contribution >= 4 is 11.6 Å². The van der Waals surface area contributed by atoms with Crippen LogP contribution in [0.25, 0.3) is 0 Å². The highest BCUT2D eigenvalue weighted by Crippen LogP contribution is 2.11. The van der Waals surface area contributed by atoms with Crippen molar-refractivity contribution in [2.24, 2.45) is 10.3 Å². The summed E-state index contributed by atoms with van der Waals surface area (Å²) in [6.45, 7) is 1.70. The lowest BCUT2D eigenvalue weighted by molar-refractivity contribution is -0.0313. The van der Waals surface area contributed by atoms with E-state index in [1.54, 1.807) is 19.1 Å². The molecule has 0 fully saturated rings. The van der Waals surface area contributed by atoms with E-state index in [1.165, 1.54) is 0 Å². The predicted molar refractivity (Wildman–Crippen MR) is 53.8 cm³/mol. The molecule has 0 spiro atoms. The molecule has 15 heavy (non-hydrogen) atoms. The summed E-state index contributed by atoms with van der Waals surface area (Å²) in [6, 6.07) is 9.13. The molecule has 5 heteroatoms. The van der Waals surface area contributed by atoms with Crippen LogP contribution < -0.4 is 0 Å². The summed E-state index contributed by atoms with van der Waals surface area (Å²) in [6.07, 6.45) is -0.444. The van der Waals surface area contributed by atoms with E-state index in [1.807, 2.05) is 18.2 Å². The van der Waals surface area contributed by atoms with Gasteiger partial charge in [-0.1, -0.05) is 35.5 Å². The van der Waals surface area contributed by atoms with Gasteiger partial charge in [-0.2, -0.15) is 0 Å². The van der Waals surface area contributed by atoms with Crippen LogP contribution in [0.4, 0.5) is 0 Å². The topological polar surface area (TPSA) is 63.4 Å². The summed E-state index contributed by atoms with van der Waals surface area (Å²) < 4.78 is 5.21. The molecule has 78 valence electrons. The van der Waals surface area contributed by atoms with Crippen LogP contribution >= 0.6 is 0 Å². The van der Waals surface area contributed by atoms with Crippen LogP contribution in [0.15, 0.2) is 40.6 Å². The van der Waals surface area contributed by atoms with Crippen molar-refractivity contribution in [3.8, 4) is 0 Å². The molecular weight excluding hydrogens is 196 g/mol. The molecule has 0 saturated heterocycles. The molecule has 1 atom stereocenters. The Hall–Kier alpha value is -2.04. The molecule has 1 N–H and O–H groups in total. The Morgan fingerprint density at radius 2 is 2.13 bits per heavy atom. The maximum absolute atomic E-state index is 8.90. The minimum absolute atomic E-state index is 0.191. The molecule has 1 aromatic rings. The average molecular weight is 206 g/mol. The molecule has 1 aromatic carbocycles. The van der Waals surface area contributed by atoms with Crippen molar-refractivity contribution in [3.63, 3.8) is 0 Å². The fourth-order valence-corrected chi connectivity index (χ4v) is 1.24. The fourth-order valence-electron chi connectivity index (χ4n) is 1.24. The number of oxime groups is 2. The first-order valence-electron chi connectivity index (χ1n) is 4.49. The largest absolute Gasteiger partial charge is 0.432 e. The maximum Gasteiger partial charge on any atom is 0.283 e. The molecule has 0 amide bonds. The van der Waals surface area contributed by atoms with E-state index in [9.17, 15) is 0 Å². The lowest BCUT2D eigenvalue weighted by Gasteiger charge is -2.04. The molecule has 0 aliphatic carbocycles. The van der Waals surface area contributed by atoms with Crippen LogP contribution in [0.3, 0.4) is 0 Å². The van der Waals surface area contributed by atoms with E-state index in [4.69, 9.17) is 14.8 Å². The number of benzene rings is 1. The summed E-state index contributed by atoms with van der Waals surface area (Å²) in [5, 5.41) is 15.7. The fraction of sp³-hybridized carbons (Fsp3) is 0.200. The van der Waals surface area contributed by atoms with Gasteiger partial charge < -0.3 is 14.8 Å². The van der Waals surface area contributed by atoms with Gasteiger partial charge in [0.1, 0.15) is 0 Å². The second-order valence-corrected chi connectivity index (χ2v) is 3.00. The predicted octanol–water partition coefficient (Wildman–Crippen LogP) is 1.57. The Labute approximate surface area is 86.6 Å². The van der Waals surface area contributed by atoms with Crippen LogP contribution in [0.1, 0.15) is 12.5 Å². The van der Waals surface area contributed by atoms with Crippen molar-refractivity contribution in [1.82, 2.24) is 0 Å². The van der Waals surface area contributed by atoms with Gasteiger partial charge in [-0.15, -0.1) is 0 Å². The molecule has 0 aromatic heterocycles. The average Bonchev–Trinajstić information content (AvgIpc) is 2.68. The molecule has 5 nitrogen and oxygen atoms in total. The van der Waals surface area contributed by atoms with Crippen LogP contribution in [-0.4, -0.2) is 23.1 Å². The van der Waals surface area contributed by atoms with Gasteiger partial charge in [-0.25, -0.2) is 0 Å². The van der Waals surface area contributed by atoms with Gasteiger partial charge in [0.25, 0.3) is 12.2 Å². The van der Waals surface area contributed by atoms with Gasteiger partial charge in [0, 0.05) is 12.5 Å². The summed E-state index contributed by atoms with van der Waals surface area (Å²) in [5.74, 6) is 0.191.